The highest BCUT2D eigenvalue weighted by Gasteiger charge is 2.06. The summed E-state index contributed by atoms with van der Waals surface area (Å²) in [5.74, 6) is 0. The molecule has 0 amide bonds. The molecule has 0 saturated heterocycles. The molecule has 3 rings (SSSR count). The van der Waals surface area contributed by atoms with Crippen LogP contribution in [0, 0.1) is 0 Å². The molecule has 2 heteroatoms. The fourth-order valence-corrected chi connectivity index (χ4v) is 2.31. The molecule has 18 heavy (non-hydrogen) atoms. The van der Waals surface area contributed by atoms with Crippen LogP contribution in [-0.4, -0.2) is 9.55 Å². The SMILES string of the molecule is CCc1ccc(-c2cccc3c2ncn3C)cc1. The van der Waals surface area contributed by atoms with Gasteiger partial charge in [0, 0.05) is 12.6 Å². The highest BCUT2D eigenvalue weighted by Crippen LogP contribution is 2.27. The lowest BCUT2D eigenvalue weighted by Gasteiger charge is -2.04. The van der Waals surface area contributed by atoms with Crippen LogP contribution in [0.4, 0.5) is 0 Å². The van der Waals surface area contributed by atoms with Crippen molar-refractivity contribution in [1.82, 2.24) is 9.55 Å². The van der Waals surface area contributed by atoms with Gasteiger partial charge in [-0.3, -0.25) is 0 Å². The van der Waals surface area contributed by atoms with E-state index >= 15 is 0 Å². The maximum absolute atomic E-state index is 4.50. The predicted molar refractivity (Wildman–Crippen MR) is 75.5 cm³/mol. The first-order chi connectivity index (χ1) is 8.79. The molecular formula is C16H16N2. The van der Waals surface area contributed by atoms with Gasteiger partial charge >= 0.3 is 0 Å². The highest BCUT2D eigenvalue weighted by molar-refractivity contribution is 5.92. The second-order valence-electron chi connectivity index (χ2n) is 4.58. The van der Waals surface area contributed by atoms with Crippen LogP contribution in [0.1, 0.15) is 12.5 Å². The van der Waals surface area contributed by atoms with E-state index in [4.69, 9.17) is 0 Å². The minimum Gasteiger partial charge on any atom is -0.334 e. The van der Waals surface area contributed by atoms with Crippen molar-refractivity contribution in [2.45, 2.75) is 13.3 Å². The number of aryl methyl sites for hydroxylation is 2. The monoisotopic (exact) mass is 236 g/mol. The van der Waals surface area contributed by atoms with E-state index in [0.717, 1.165) is 11.9 Å². The maximum Gasteiger partial charge on any atom is 0.0962 e. The molecule has 2 nitrogen and oxygen atoms in total. The van der Waals surface area contributed by atoms with Gasteiger partial charge in [-0.1, -0.05) is 43.3 Å². The lowest BCUT2D eigenvalue weighted by Crippen LogP contribution is -1.85. The zero-order valence-electron chi connectivity index (χ0n) is 10.7. The van der Waals surface area contributed by atoms with Gasteiger partial charge < -0.3 is 4.57 Å². The van der Waals surface area contributed by atoms with Crippen molar-refractivity contribution in [2.24, 2.45) is 7.05 Å². The number of nitrogens with zero attached hydrogens (tertiary/aromatic N) is 2. The summed E-state index contributed by atoms with van der Waals surface area (Å²) >= 11 is 0. The van der Waals surface area contributed by atoms with Crippen LogP contribution in [0.25, 0.3) is 22.2 Å². The smallest absolute Gasteiger partial charge is 0.0962 e. The first kappa shape index (κ1) is 11.0. The molecule has 0 bridgehead atoms. The normalized spacial score (nSPS) is 11.0. The molecule has 0 unspecified atom stereocenters. The third-order valence-corrected chi connectivity index (χ3v) is 3.43. The molecule has 0 aliphatic carbocycles. The van der Waals surface area contributed by atoms with Crippen molar-refractivity contribution in [1.29, 1.82) is 0 Å². The first-order valence-electron chi connectivity index (χ1n) is 6.29. The lowest BCUT2D eigenvalue weighted by molar-refractivity contribution is 0.948. The van der Waals surface area contributed by atoms with Gasteiger partial charge in [-0.2, -0.15) is 0 Å². The molecule has 0 saturated carbocycles. The molecule has 0 fully saturated rings. The average molecular weight is 236 g/mol. The summed E-state index contributed by atoms with van der Waals surface area (Å²) in [5, 5.41) is 0. The summed E-state index contributed by atoms with van der Waals surface area (Å²) < 4.78 is 2.05. The molecule has 0 aliphatic rings. The topological polar surface area (TPSA) is 17.8 Å². The van der Waals surface area contributed by atoms with Crippen LogP contribution in [0.3, 0.4) is 0 Å². The van der Waals surface area contributed by atoms with Gasteiger partial charge in [0.2, 0.25) is 0 Å². The Morgan fingerprint density at radius 3 is 2.56 bits per heavy atom. The van der Waals surface area contributed by atoms with Gasteiger partial charge in [0.15, 0.2) is 0 Å². The molecule has 1 aromatic heterocycles. The van der Waals surface area contributed by atoms with E-state index in [1.165, 1.54) is 22.2 Å². The zero-order valence-corrected chi connectivity index (χ0v) is 10.7. The number of imidazole rings is 1. The van der Waals surface area contributed by atoms with Crippen molar-refractivity contribution in [2.75, 3.05) is 0 Å². The lowest BCUT2D eigenvalue weighted by atomic mass is 10.0. The zero-order chi connectivity index (χ0) is 12.5. The van der Waals surface area contributed by atoms with Crippen molar-refractivity contribution in [3.8, 4) is 11.1 Å². The van der Waals surface area contributed by atoms with E-state index in [0.29, 0.717) is 0 Å². The van der Waals surface area contributed by atoms with Crippen molar-refractivity contribution in [3.63, 3.8) is 0 Å². The Kier molecular flexibility index (Phi) is 2.63. The van der Waals surface area contributed by atoms with Gasteiger partial charge in [0.05, 0.1) is 17.4 Å². The average Bonchev–Trinajstić information content (AvgIpc) is 2.81. The van der Waals surface area contributed by atoms with Crippen LogP contribution in [0.2, 0.25) is 0 Å². The minimum atomic E-state index is 1.07. The van der Waals surface area contributed by atoms with Crippen LogP contribution < -0.4 is 0 Å². The third-order valence-electron chi connectivity index (χ3n) is 3.43. The second kappa shape index (κ2) is 4.30. The Balaban J connectivity index is 2.18. The Morgan fingerprint density at radius 1 is 1.06 bits per heavy atom. The van der Waals surface area contributed by atoms with E-state index in [1.54, 1.807) is 0 Å². The molecule has 0 spiro atoms. The van der Waals surface area contributed by atoms with Gasteiger partial charge in [0.25, 0.3) is 0 Å². The fourth-order valence-electron chi connectivity index (χ4n) is 2.31. The van der Waals surface area contributed by atoms with E-state index < -0.39 is 0 Å². The van der Waals surface area contributed by atoms with Crippen LogP contribution >= 0.6 is 0 Å². The summed E-state index contributed by atoms with van der Waals surface area (Å²) in [5.41, 5.74) is 6.05. The summed E-state index contributed by atoms with van der Waals surface area (Å²) in [6.45, 7) is 2.18. The van der Waals surface area contributed by atoms with Gasteiger partial charge in [-0.05, 0) is 23.6 Å². The maximum atomic E-state index is 4.50. The van der Waals surface area contributed by atoms with Gasteiger partial charge in [-0.15, -0.1) is 0 Å². The molecule has 0 atom stereocenters. The number of aromatic nitrogens is 2. The Hall–Kier alpha value is -2.09. The van der Waals surface area contributed by atoms with E-state index in [-0.39, 0.29) is 0 Å². The fraction of sp³-hybridized carbons (Fsp3) is 0.188. The standard InChI is InChI=1S/C16H16N2/c1-3-12-7-9-13(10-8-12)14-5-4-6-15-16(14)17-11-18(15)2/h4-11H,3H2,1-2H3. The molecule has 0 N–H and O–H groups in total. The van der Waals surface area contributed by atoms with Gasteiger partial charge in [-0.25, -0.2) is 4.98 Å². The number of fused-ring (bicyclic) bond motifs is 1. The van der Waals surface area contributed by atoms with Crippen molar-refractivity contribution < 1.29 is 0 Å². The molecule has 1 heterocycles. The van der Waals surface area contributed by atoms with Crippen LogP contribution in [0.5, 0.6) is 0 Å². The summed E-state index contributed by atoms with van der Waals surface area (Å²) in [6, 6.07) is 15.1. The van der Waals surface area contributed by atoms with E-state index in [1.807, 2.05) is 13.4 Å². The second-order valence-corrected chi connectivity index (χ2v) is 4.58. The summed E-state index contributed by atoms with van der Waals surface area (Å²) in [4.78, 5) is 4.50. The Bertz CT molecular complexity index is 678. The minimum absolute atomic E-state index is 1.07. The van der Waals surface area contributed by atoms with Crippen LogP contribution in [0.15, 0.2) is 48.8 Å². The van der Waals surface area contributed by atoms with Crippen LogP contribution in [-0.2, 0) is 13.5 Å². The van der Waals surface area contributed by atoms with E-state index in [2.05, 4.69) is 58.9 Å². The molecule has 3 aromatic rings. The Labute approximate surface area is 107 Å². The Morgan fingerprint density at radius 2 is 1.83 bits per heavy atom. The quantitative estimate of drug-likeness (QED) is 0.661. The number of benzene rings is 2. The first-order valence-corrected chi connectivity index (χ1v) is 6.29. The molecule has 0 aliphatic heterocycles. The largest absolute Gasteiger partial charge is 0.334 e. The number of hydrogen-bond acceptors (Lipinski definition) is 1. The molecule has 90 valence electrons. The van der Waals surface area contributed by atoms with E-state index in [9.17, 15) is 0 Å². The predicted octanol–water partition coefficient (Wildman–Crippen LogP) is 3.80. The van der Waals surface area contributed by atoms with Gasteiger partial charge in [0.1, 0.15) is 0 Å². The van der Waals surface area contributed by atoms with Crippen molar-refractivity contribution >= 4 is 11.0 Å². The summed E-state index contributed by atoms with van der Waals surface area (Å²) in [7, 11) is 2.03. The van der Waals surface area contributed by atoms with Crippen molar-refractivity contribution in [3.05, 3.63) is 54.4 Å². The molecule has 0 radical (unpaired) electrons. The third kappa shape index (κ3) is 1.70. The number of para-hydroxylation sites is 1. The number of rotatable bonds is 2. The summed E-state index contributed by atoms with van der Waals surface area (Å²) in [6.07, 6.45) is 2.95. The molecule has 2 aromatic carbocycles. The number of hydrogen-bond donors (Lipinski definition) is 0. The molecular weight excluding hydrogens is 220 g/mol. The highest BCUT2D eigenvalue weighted by atomic mass is 15.0.